The molecule has 0 radical (unpaired) electrons. The van der Waals surface area contributed by atoms with Gasteiger partial charge in [-0.25, -0.2) is 28.5 Å². The quantitative estimate of drug-likeness (QED) is 0.301. The van der Waals surface area contributed by atoms with Crippen molar-refractivity contribution in [2.45, 2.75) is 71.8 Å². The van der Waals surface area contributed by atoms with Crippen LogP contribution in [0.15, 0.2) is 30.6 Å². The predicted molar refractivity (Wildman–Crippen MR) is 174 cm³/mol. The first-order valence-electron chi connectivity index (χ1n) is 15.7. The summed E-state index contributed by atoms with van der Waals surface area (Å²) in [5, 5.41) is 22.0. The van der Waals surface area contributed by atoms with E-state index < -0.39 is 29.7 Å². The van der Waals surface area contributed by atoms with Crippen molar-refractivity contribution >= 4 is 29.7 Å². The lowest BCUT2D eigenvalue weighted by Gasteiger charge is -2.36. The van der Waals surface area contributed by atoms with Crippen LogP contribution in [0.3, 0.4) is 0 Å². The van der Waals surface area contributed by atoms with E-state index in [1.807, 2.05) is 13.8 Å². The Kier molecular flexibility index (Phi) is 9.88. The second-order valence-electron chi connectivity index (χ2n) is 13.2. The Hall–Kier alpha value is -5.19. The minimum absolute atomic E-state index is 0.0109. The molecule has 3 aromatic rings. The molecule has 252 valence electrons. The van der Waals surface area contributed by atoms with E-state index in [-0.39, 0.29) is 67.3 Å². The average molecular weight is 661 g/mol. The summed E-state index contributed by atoms with van der Waals surface area (Å²) in [7, 11) is 0. The maximum absolute atomic E-state index is 15.6. The minimum atomic E-state index is -1.45. The van der Waals surface area contributed by atoms with E-state index in [0.717, 1.165) is 18.6 Å². The van der Waals surface area contributed by atoms with Crippen LogP contribution in [0.5, 0.6) is 5.75 Å². The summed E-state index contributed by atoms with van der Waals surface area (Å²) in [6.45, 7) is 9.05. The fourth-order valence-corrected chi connectivity index (χ4v) is 5.68. The number of alkyl halides is 1. The summed E-state index contributed by atoms with van der Waals surface area (Å²) in [5.41, 5.74) is 1.71. The van der Waals surface area contributed by atoms with Gasteiger partial charge in [0.1, 0.15) is 35.2 Å². The molecule has 1 fully saturated rings. The minimum Gasteiger partial charge on any atom is -0.482 e. The molecular formula is C34H38F2N8O4. The van der Waals surface area contributed by atoms with Crippen LogP contribution in [-0.2, 0) is 22.5 Å². The summed E-state index contributed by atoms with van der Waals surface area (Å²) in [5.74, 6) is 0.0342. The Labute approximate surface area is 277 Å². The first kappa shape index (κ1) is 34.2. The molecule has 0 spiro atoms. The second-order valence-corrected chi connectivity index (χ2v) is 13.2. The molecule has 5 rings (SSSR count). The van der Waals surface area contributed by atoms with Crippen molar-refractivity contribution < 1.29 is 27.8 Å². The molecule has 14 heteroatoms. The number of benzene rings is 1. The number of fused-ring (bicyclic) bond motifs is 1. The van der Waals surface area contributed by atoms with E-state index in [0.29, 0.717) is 34.7 Å². The average Bonchev–Trinajstić information content (AvgIpc) is 3.02. The summed E-state index contributed by atoms with van der Waals surface area (Å²) in [6.07, 6.45) is 1.81. The molecule has 2 atom stereocenters. The maximum Gasteiger partial charge on any atom is 0.410 e. The lowest BCUT2D eigenvalue weighted by Crippen LogP contribution is -2.51. The molecule has 2 aliphatic heterocycles. The summed E-state index contributed by atoms with van der Waals surface area (Å²) >= 11 is 0. The van der Waals surface area contributed by atoms with Crippen molar-refractivity contribution in [3.8, 4) is 22.9 Å². The first-order valence-corrected chi connectivity index (χ1v) is 15.7. The normalized spacial score (nSPS) is 17.8. The zero-order valence-corrected chi connectivity index (χ0v) is 27.5. The molecule has 0 unspecified atom stereocenters. The van der Waals surface area contributed by atoms with Gasteiger partial charge in [0.2, 0.25) is 0 Å². The number of nitriles is 1. The molecule has 1 aromatic carbocycles. The van der Waals surface area contributed by atoms with Crippen molar-refractivity contribution in [3.63, 3.8) is 0 Å². The molecule has 2 amide bonds. The molecule has 0 saturated carbocycles. The van der Waals surface area contributed by atoms with Gasteiger partial charge >= 0.3 is 6.09 Å². The van der Waals surface area contributed by atoms with E-state index >= 15 is 4.39 Å². The van der Waals surface area contributed by atoms with E-state index in [2.05, 4.69) is 21.4 Å². The van der Waals surface area contributed by atoms with Gasteiger partial charge in [0.25, 0.3) is 5.91 Å². The number of nitrogens with zero attached hydrogens (tertiary/aromatic N) is 6. The maximum atomic E-state index is 15.6. The number of pyridine rings is 1. The number of carbonyl (C=O) groups is 2. The van der Waals surface area contributed by atoms with Crippen LogP contribution in [0.1, 0.15) is 63.7 Å². The lowest BCUT2D eigenvalue weighted by molar-refractivity contribution is -0.121. The van der Waals surface area contributed by atoms with Crippen molar-refractivity contribution in [1.82, 2.24) is 19.9 Å². The topological polar surface area (TPSA) is 157 Å². The molecule has 2 aromatic heterocycles. The number of piperidine rings is 1. The Balaban J connectivity index is 1.51. The number of aromatic nitrogens is 3. The van der Waals surface area contributed by atoms with Gasteiger partial charge in [-0.2, -0.15) is 5.26 Å². The number of halogens is 2. The standard InChI is InChI=1S/C34H38F2N8O4/c1-19(2)10-26-22(12-37)31(20-6-7-27-28(11-20)47-18-30(45)44(27)17-29-39-14-21(35)15-40-29)23(13-38)32(42-26)41-25-8-9-43(16-24(25)36)33(46)48-34(3,4)5/h6-7,11,13-15,19,24-25,38H,8-10,16-18H2,1-5H3,(H,41,42)/t24-,25-/m0/s1. The predicted octanol–water partition coefficient (Wildman–Crippen LogP) is 5.43. The van der Waals surface area contributed by atoms with Crippen molar-refractivity contribution in [1.29, 1.82) is 10.7 Å². The lowest BCUT2D eigenvalue weighted by atomic mass is 9.91. The third-order valence-electron chi connectivity index (χ3n) is 7.85. The molecule has 4 heterocycles. The van der Waals surface area contributed by atoms with Crippen LogP contribution in [0.4, 0.5) is 25.1 Å². The Morgan fingerprint density at radius 1 is 1.29 bits per heavy atom. The Morgan fingerprint density at radius 3 is 2.65 bits per heavy atom. The van der Waals surface area contributed by atoms with Gasteiger partial charge in [0.15, 0.2) is 12.4 Å². The molecule has 0 bridgehead atoms. The molecular weight excluding hydrogens is 622 g/mol. The van der Waals surface area contributed by atoms with Crippen LogP contribution in [-0.4, -0.2) is 75.6 Å². The number of likely N-dealkylation sites (tertiary alicyclic amines) is 1. The van der Waals surface area contributed by atoms with Gasteiger partial charge < -0.3 is 25.1 Å². The van der Waals surface area contributed by atoms with Gasteiger partial charge in [-0.05, 0) is 57.2 Å². The van der Waals surface area contributed by atoms with Gasteiger partial charge in [0.05, 0.1) is 48.5 Å². The summed E-state index contributed by atoms with van der Waals surface area (Å²) < 4.78 is 40.2. The number of carbonyl (C=O) groups excluding carboxylic acids is 2. The van der Waals surface area contributed by atoms with Crippen molar-refractivity contribution in [3.05, 3.63) is 59.1 Å². The van der Waals surface area contributed by atoms with E-state index in [1.165, 1.54) is 9.80 Å². The molecule has 2 aliphatic rings. The monoisotopic (exact) mass is 660 g/mol. The summed E-state index contributed by atoms with van der Waals surface area (Å²) in [4.78, 5) is 40.9. The first-order chi connectivity index (χ1) is 22.8. The van der Waals surface area contributed by atoms with Crippen LogP contribution in [0, 0.1) is 28.5 Å². The van der Waals surface area contributed by atoms with E-state index in [1.54, 1.807) is 39.0 Å². The number of anilines is 2. The second kappa shape index (κ2) is 13.9. The van der Waals surface area contributed by atoms with Gasteiger partial charge in [-0.15, -0.1) is 0 Å². The van der Waals surface area contributed by atoms with Crippen molar-refractivity contribution in [2.75, 3.05) is 29.9 Å². The Bertz CT molecular complexity index is 1750. The zero-order chi connectivity index (χ0) is 34.7. The molecule has 2 N–H and O–H groups in total. The van der Waals surface area contributed by atoms with E-state index in [4.69, 9.17) is 19.9 Å². The molecule has 48 heavy (non-hydrogen) atoms. The van der Waals surface area contributed by atoms with Gasteiger partial charge in [0, 0.05) is 23.9 Å². The molecule has 0 aliphatic carbocycles. The fourth-order valence-electron chi connectivity index (χ4n) is 5.68. The highest BCUT2D eigenvalue weighted by atomic mass is 19.1. The van der Waals surface area contributed by atoms with Gasteiger partial charge in [-0.1, -0.05) is 19.9 Å². The zero-order valence-electron chi connectivity index (χ0n) is 27.5. The number of amides is 2. The van der Waals surface area contributed by atoms with Crippen LogP contribution < -0.4 is 15.0 Å². The highest BCUT2D eigenvalue weighted by Crippen LogP contribution is 2.40. The highest BCUT2D eigenvalue weighted by molar-refractivity contribution is 6.00. The molecule has 1 saturated heterocycles. The third-order valence-corrected chi connectivity index (χ3v) is 7.85. The highest BCUT2D eigenvalue weighted by Gasteiger charge is 2.35. The number of ether oxygens (including phenoxy) is 2. The molecule has 12 nitrogen and oxygen atoms in total. The van der Waals surface area contributed by atoms with E-state index in [9.17, 15) is 19.2 Å². The van der Waals surface area contributed by atoms with Crippen LogP contribution in [0.25, 0.3) is 11.1 Å². The Morgan fingerprint density at radius 2 is 2.02 bits per heavy atom. The van der Waals surface area contributed by atoms with Crippen molar-refractivity contribution in [2.24, 2.45) is 5.92 Å². The fraction of sp³-hybridized carbons (Fsp3) is 0.441. The van der Waals surface area contributed by atoms with Crippen LogP contribution in [0.2, 0.25) is 0 Å². The number of rotatable bonds is 8. The third kappa shape index (κ3) is 7.51. The number of hydrogen-bond acceptors (Lipinski definition) is 10. The van der Waals surface area contributed by atoms with Gasteiger partial charge in [-0.3, -0.25) is 9.69 Å². The largest absolute Gasteiger partial charge is 0.482 e. The smallest absolute Gasteiger partial charge is 0.410 e. The SMILES string of the molecule is CC(C)Cc1nc(N[C@H]2CCN(C(=O)OC(C)(C)C)C[C@@H]2F)c(C=N)c(-c2ccc3c(c2)OCC(=O)N3Cc2ncc(F)cn2)c1C#N. The number of hydrogen-bond donors (Lipinski definition) is 2. The summed E-state index contributed by atoms with van der Waals surface area (Å²) in [6, 6.07) is 6.62. The number of nitrogens with one attached hydrogen (secondary N) is 2. The van der Waals surface area contributed by atoms with Crippen LogP contribution >= 0.6 is 0 Å².